The van der Waals surface area contributed by atoms with E-state index in [2.05, 4.69) is 26.1 Å². The van der Waals surface area contributed by atoms with Gasteiger partial charge in [-0.2, -0.15) is 5.06 Å². The van der Waals surface area contributed by atoms with Crippen LogP contribution in [0, 0.1) is 5.92 Å². The number of carbonyl (C=O) groups is 1. The fraction of sp³-hybridized carbons (Fsp3) is 0.857. The predicted octanol–water partition coefficient (Wildman–Crippen LogP) is 3.28. The molecule has 0 bridgehead atoms. The lowest BCUT2D eigenvalue weighted by Gasteiger charge is -2.37. The molecule has 1 heterocycles. The number of nitrogens with one attached hydrogen (secondary N) is 1. The van der Waals surface area contributed by atoms with Crippen LogP contribution < -0.4 is 5.32 Å². The Labute approximate surface area is 137 Å². The molecule has 0 saturated carbocycles. The molecule has 2 N–H and O–H groups in total. The number of hydrogen-bond donors (Lipinski definition) is 2. The fourth-order valence-corrected chi connectivity index (χ4v) is 4.26. The van der Waals surface area contributed by atoms with Gasteiger partial charge in [0.15, 0.2) is 0 Å². The van der Waals surface area contributed by atoms with E-state index in [1.54, 1.807) is 0 Å². The Morgan fingerprint density at radius 3 is 2.71 bits per heavy atom. The lowest BCUT2D eigenvalue weighted by atomic mass is 10.1. The highest BCUT2D eigenvalue weighted by Crippen LogP contribution is 2.42. The topological polar surface area (TPSA) is 55.8 Å². The summed E-state index contributed by atoms with van der Waals surface area (Å²) in [4.78, 5) is 14.1. The zero-order chi connectivity index (χ0) is 16.2. The molecule has 122 valence electrons. The second-order valence-electron chi connectivity index (χ2n) is 6.32. The first-order valence-corrected chi connectivity index (χ1v) is 8.68. The van der Waals surface area contributed by atoms with Crippen molar-refractivity contribution in [2.24, 2.45) is 5.92 Å². The van der Waals surface area contributed by atoms with Crippen molar-refractivity contribution in [3.63, 3.8) is 0 Å². The molecule has 1 rings (SSSR count). The molecule has 1 aliphatic heterocycles. The Bertz CT molecular complexity index is 388. The highest BCUT2D eigenvalue weighted by molar-refractivity contribution is 8.24. The second-order valence-corrected chi connectivity index (χ2v) is 8.61. The summed E-state index contributed by atoms with van der Waals surface area (Å²) in [7, 11) is 0. The molecule has 1 aliphatic rings. The maximum absolute atomic E-state index is 12.1. The number of unbranched alkanes of at least 4 members (excludes halogenated alkanes) is 1. The van der Waals surface area contributed by atoms with E-state index in [1.807, 2.05) is 18.7 Å². The summed E-state index contributed by atoms with van der Waals surface area (Å²) in [6.07, 6.45) is 1.45. The van der Waals surface area contributed by atoms with Crippen molar-refractivity contribution < 1.29 is 10.0 Å². The largest absolute Gasteiger partial charge is 0.343 e. The maximum atomic E-state index is 12.1. The van der Waals surface area contributed by atoms with Gasteiger partial charge in [0.1, 0.15) is 10.5 Å². The van der Waals surface area contributed by atoms with E-state index < -0.39 is 12.2 Å². The zero-order valence-electron chi connectivity index (χ0n) is 13.5. The highest BCUT2D eigenvalue weighted by Gasteiger charge is 2.49. The number of thiocarbonyl (C=S) groups is 1. The minimum Gasteiger partial charge on any atom is -0.336 e. The molecule has 7 heteroatoms. The molecule has 5 nitrogen and oxygen atoms in total. The van der Waals surface area contributed by atoms with Gasteiger partial charge in [-0.3, -0.25) is 5.21 Å². The van der Waals surface area contributed by atoms with Gasteiger partial charge in [-0.15, -0.1) is 0 Å². The van der Waals surface area contributed by atoms with Crippen molar-refractivity contribution in [2.45, 2.75) is 58.4 Å². The number of nitrogens with zero attached hydrogens (tertiary/aromatic N) is 2. The zero-order valence-corrected chi connectivity index (χ0v) is 15.2. The first-order chi connectivity index (χ1) is 9.70. The molecule has 1 unspecified atom stereocenters. The van der Waals surface area contributed by atoms with Gasteiger partial charge in [0.2, 0.25) is 0 Å². The Morgan fingerprint density at radius 2 is 2.19 bits per heavy atom. The quantitative estimate of drug-likeness (QED) is 0.338. The van der Waals surface area contributed by atoms with Gasteiger partial charge in [0.25, 0.3) is 0 Å². The first kappa shape index (κ1) is 18.5. The van der Waals surface area contributed by atoms with E-state index in [0.717, 1.165) is 28.8 Å². The third kappa shape index (κ3) is 4.72. The van der Waals surface area contributed by atoms with Gasteiger partial charge in [0, 0.05) is 13.1 Å². The number of thioether (sulfide) groups is 1. The minimum atomic E-state index is -0.458. The van der Waals surface area contributed by atoms with Gasteiger partial charge in [-0.05, 0) is 26.2 Å². The van der Waals surface area contributed by atoms with Gasteiger partial charge in [-0.1, -0.05) is 51.2 Å². The molecule has 0 aromatic rings. The molecular formula is C14H27N3O2S2. The Kier molecular flexibility index (Phi) is 6.74. The molecule has 2 amide bonds. The number of carbonyl (C=O) groups excluding carboxylic acids is 1. The molecule has 21 heavy (non-hydrogen) atoms. The van der Waals surface area contributed by atoms with Gasteiger partial charge < -0.3 is 10.2 Å². The summed E-state index contributed by atoms with van der Waals surface area (Å²) in [6, 6.07) is -0.458. The lowest BCUT2D eigenvalue weighted by molar-refractivity contribution is -0.119. The highest BCUT2D eigenvalue weighted by atomic mass is 32.2. The molecule has 0 spiro atoms. The smallest absolute Gasteiger partial charge is 0.336 e. The van der Waals surface area contributed by atoms with Crippen molar-refractivity contribution in [3.05, 3.63) is 0 Å². The van der Waals surface area contributed by atoms with Crippen LogP contribution in [0.15, 0.2) is 0 Å². The van der Waals surface area contributed by atoms with Crippen LogP contribution in [-0.4, -0.2) is 49.5 Å². The molecule has 0 aliphatic carbocycles. The van der Waals surface area contributed by atoms with Crippen LogP contribution in [0.4, 0.5) is 4.79 Å². The Balaban J connectivity index is 2.83. The summed E-state index contributed by atoms with van der Waals surface area (Å²) in [5.41, 5.74) is 0. The van der Waals surface area contributed by atoms with Crippen molar-refractivity contribution >= 4 is 34.3 Å². The molecule has 0 radical (unpaired) electrons. The van der Waals surface area contributed by atoms with Crippen LogP contribution in [0.5, 0.6) is 0 Å². The van der Waals surface area contributed by atoms with Crippen LogP contribution in [0.2, 0.25) is 0 Å². The van der Waals surface area contributed by atoms with E-state index >= 15 is 0 Å². The summed E-state index contributed by atoms with van der Waals surface area (Å²) >= 11 is 6.95. The fourth-order valence-electron chi connectivity index (χ4n) is 2.37. The van der Waals surface area contributed by atoms with Crippen molar-refractivity contribution in [1.82, 2.24) is 15.3 Å². The maximum Gasteiger partial charge on any atom is 0.343 e. The van der Waals surface area contributed by atoms with E-state index in [4.69, 9.17) is 12.2 Å². The summed E-state index contributed by atoms with van der Waals surface area (Å²) in [5, 5.41) is 13.9. The molecule has 1 saturated heterocycles. The average Bonchev–Trinajstić information content (AvgIpc) is 2.57. The number of amides is 2. The van der Waals surface area contributed by atoms with Crippen LogP contribution in [0.25, 0.3) is 0 Å². The molecule has 1 atom stereocenters. The summed E-state index contributed by atoms with van der Waals surface area (Å²) < 4.78 is 0.391. The number of hydrogen-bond acceptors (Lipinski definition) is 4. The molecule has 0 aromatic carbocycles. The van der Waals surface area contributed by atoms with E-state index in [-0.39, 0.29) is 4.75 Å². The second kappa shape index (κ2) is 7.65. The number of urea groups is 1. The monoisotopic (exact) mass is 333 g/mol. The van der Waals surface area contributed by atoms with Crippen LogP contribution >= 0.6 is 24.0 Å². The normalized spacial score (nSPS) is 21.0. The van der Waals surface area contributed by atoms with Gasteiger partial charge in [0.05, 0.1) is 4.75 Å². The Hall–Kier alpha value is -0.530. The number of hydroxylamine groups is 2. The third-order valence-corrected chi connectivity index (χ3v) is 4.94. The molecule has 1 fully saturated rings. The van der Waals surface area contributed by atoms with Crippen LogP contribution in [-0.2, 0) is 0 Å². The summed E-state index contributed by atoms with van der Waals surface area (Å²) in [6.45, 7) is 11.5. The average molecular weight is 334 g/mol. The third-order valence-electron chi connectivity index (χ3n) is 3.31. The predicted molar refractivity (Wildman–Crippen MR) is 91.5 cm³/mol. The van der Waals surface area contributed by atoms with Crippen molar-refractivity contribution in [3.8, 4) is 0 Å². The van der Waals surface area contributed by atoms with Crippen LogP contribution in [0.1, 0.15) is 47.5 Å². The van der Waals surface area contributed by atoms with Crippen molar-refractivity contribution in [2.75, 3.05) is 13.1 Å². The standard InChI is InChI=1S/C14H27N3O2S2/c1-6-7-8-15-12(18)17(19)11-14(4,5)21-13(20)16(11)9-10(2)3/h10-11,19H,6-9H2,1-5H3,(H,15,18). The van der Waals surface area contributed by atoms with E-state index in [1.165, 1.54) is 11.8 Å². The van der Waals surface area contributed by atoms with Gasteiger partial charge in [-0.25, -0.2) is 4.79 Å². The molecular weight excluding hydrogens is 306 g/mol. The summed E-state index contributed by atoms with van der Waals surface area (Å²) in [5.74, 6) is 0.400. The van der Waals surface area contributed by atoms with E-state index in [0.29, 0.717) is 12.5 Å². The molecule has 0 aromatic heterocycles. The SMILES string of the molecule is CCCCNC(=O)N(O)C1N(CC(C)C)C(=S)SC1(C)C. The number of rotatable bonds is 6. The van der Waals surface area contributed by atoms with E-state index in [9.17, 15) is 10.0 Å². The van der Waals surface area contributed by atoms with Crippen LogP contribution in [0.3, 0.4) is 0 Å². The minimum absolute atomic E-state index is 0.344. The lowest BCUT2D eigenvalue weighted by Crippen LogP contribution is -2.57. The van der Waals surface area contributed by atoms with Gasteiger partial charge >= 0.3 is 6.03 Å². The van der Waals surface area contributed by atoms with Crippen molar-refractivity contribution in [1.29, 1.82) is 0 Å². The Morgan fingerprint density at radius 1 is 1.57 bits per heavy atom. The first-order valence-electron chi connectivity index (χ1n) is 7.46.